The number of carbonyl (C=O) groups excluding carboxylic acids is 1. The second-order valence-electron chi connectivity index (χ2n) is 4.81. The van der Waals surface area contributed by atoms with Crippen molar-refractivity contribution >= 4 is 35.5 Å². The molecule has 0 saturated heterocycles. The highest BCUT2D eigenvalue weighted by Crippen LogP contribution is 2.18. The number of carbonyl (C=O) groups is 1. The first-order valence-electron chi connectivity index (χ1n) is 7.23. The molecule has 0 aliphatic heterocycles. The number of amides is 1. The largest absolute Gasteiger partial charge is 0.463 e. The highest BCUT2D eigenvalue weighted by molar-refractivity contribution is 7.99. The molecule has 1 aromatic carbocycles. The predicted molar refractivity (Wildman–Crippen MR) is 92.0 cm³/mol. The van der Waals surface area contributed by atoms with Gasteiger partial charge < -0.3 is 9.73 Å². The zero-order valence-electron chi connectivity index (χ0n) is 13.1. The SMILES string of the molecule is O=C(CSc1n[nH]c(N/N=C/c2ccco2)n1)Nc1cc(F)ccc1F. The Labute approximate surface area is 150 Å². The second kappa shape index (κ2) is 8.25. The molecule has 0 bridgehead atoms. The number of thioether (sulfide) groups is 1. The van der Waals surface area contributed by atoms with Gasteiger partial charge in [-0.05, 0) is 24.3 Å². The van der Waals surface area contributed by atoms with Crippen LogP contribution in [0.2, 0.25) is 0 Å². The van der Waals surface area contributed by atoms with Crippen molar-refractivity contribution in [2.24, 2.45) is 5.10 Å². The first kappa shape index (κ1) is 17.6. The topological polar surface area (TPSA) is 108 Å². The van der Waals surface area contributed by atoms with Crippen LogP contribution in [0.5, 0.6) is 0 Å². The van der Waals surface area contributed by atoms with E-state index in [1.54, 1.807) is 12.1 Å². The number of aromatic amines is 1. The molecule has 2 heterocycles. The van der Waals surface area contributed by atoms with E-state index in [0.717, 1.165) is 30.0 Å². The quantitative estimate of drug-likeness (QED) is 0.331. The van der Waals surface area contributed by atoms with Crippen LogP contribution in [0.4, 0.5) is 20.4 Å². The Bertz CT molecular complexity index is 913. The van der Waals surface area contributed by atoms with E-state index in [0.29, 0.717) is 5.76 Å². The van der Waals surface area contributed by atoms with Gasteiger partial charge in [-0.1, -0.05) is 11.8 Å². The zero-order chi connectivity index (χ0) is 18.4. The molecule has 3 N–H and O–H groups in total. The van der Waals surface area contributed by atoms with Crippen LogP contribution in [0.25, 0.3) is 0 Å². The maximum absolute atomic E-state index is 13.5. The van der Waals surface area contributed by atoms with Crippen molar-refractivity contribution in [2.45, 2.75) is 5.16 Å². The summed E-state index contributed by atoms with van der Waals surface area (Å²) < 4.78 is 31.6. The molecule has 0 radical (unpaired) electrons. The van der Waals surface area contributed by atoms with E-state index in [-0.39, 0.29) is 22.5 Å². The van der Waals surface area contributed by atoms with E-state index >= 15 is 0 Å². The fourth-order valence-electron chi connectivity index (χ4n) is 1.79. The van der Waals surface area contributed by atoms with Gasteiger partial charge in [-0.3, -0.25) is 4.79 Å². The van der Waals surface area contributed by atoms with Crippen LogP contribution in [0, 0.1) is 11.6 Å². The Balaban J connectivity index is 1.48. The van der Waals surface area contributed by atoms with Crippen molar-refractivity contribution in [1.29, 1.82) is 0 Å². The fraction of sp³-hybridized carbons (Fsp3) is 0.0667. The van der Waals surface area contributed by atoms with Gasteiger partial charge in [0.15, 0.2) is 0 Å². The van der Waals surface area contributed by atoms with E-state index in [1.165, 1.54) is 12.5 Å². The molecule has 0 atom stereocenters. The summed E-state index contributed by atoms with van der Waals surface area (Å²) in [5.41, 5.74) is 2.40. The molecule has 0 spiro atoms. The summed E-state index contributed by atoms with van der Waals surface area (Å²) in [4.78, 5) is 15.9. The van der Waals surface area contributed by atoms with Gasteiger partial charge in [-0.25, -0.2) is 19.3 Å². The molecule has 1 amide bonds. The molecule has 0 fully saturated rings. The number of aromatic nitrogens is 3. The van der Waals surface area contributed by atoms with Crippen molar-refractivity contribution in [3.63, 3.8) is 0 Å². The predicted octanol–water partition coefficient (Wildman–Crippen LogP) is 2.85. The van der Waals surface area contributed by atoms with E-state index in [2.05, 4.69) is 31.0 Å². The van der Waals surface area contributed by atoms with Crippen molar-refractivity contribution in [1.82, 2.24) is 15.2 Å². The third-order valence-corrected chi connectivity index (χ3v) is 3.75. The van der Waals surface area contributed by atoms with Gasteiger partial charge in [0.1, 0.15) is 17.4 Å². The minimum Gasteiger partial charge on any atom is -0.463 e. The minimum atomic E-state index is -0.719. The third-order valence-electron chi connectivity index (χ3n) is 2.91. The van der Waals surface area contributed by atoms with Gasteiger partial charge in [0, 0.05) is 6.07 Å². The maximum Gasteiger partial charge on any atom is 0.240 e. The summed E-state index contributed by atoms with van der Waals surface area (Å²) >= 11 is 1.02. The van der Waals surface area contributed by atoms with E-state index in [1.807, 2.05) is 0 Å². The number of anilines is 2. The molecule has 0 saturated carbocycles. The Morgan fingerprint density at radius 2 is 2.27 bits per heavy atom. The molecule has 0 unspecified atom stereocenters. The highest BCUT2D eigenvalue weighted by Gasteiger charge is 2.11. The molecule has 8 nitrogen and oxygen atoms in total. The fourth-order valence-corrected chi connectivity index (χ4v) is 2.39. The number of furan rings is 1. The van der Waals surface area contributed by atoms with E-state index in [4.69, 9.17) is 4.42 Å². The maximum atomic E-state index is 13.5. The lowest BCUT2D eigenvalue weighted by molar-refractivity contribution is -0.113. The molecule has 3 rings (SSSR count). The smallest absolute Gasteiger partial charge is 0.240 e. The van der Waals surface area contributed by atoms with Crippen LogP contribution in [-0.4, -0.2) is 33.1 Å². The van der Waals surface area contributed by atoms with Crippen LogP contribution in [0.1, 0.15) is 5.76 Å². The number of halogens is 2. The lowest BCUT2D eigenvalue weighted by atomic mass is 10.3. The van der Waals surface area contributed by atoms with Crippen molar-refractivity contribution < 1.29 is 18.0 Å². The lowest BCUT2D eigenvalue weighted by Gasteiger charge is -2.05. The molecule has 11 heteroatoms. The summed E-state index contributed by atoms with van der Waals surface area (Å²) in [6, 6.07) is 6.27. The van der Waals surface area contributed by atoms with Gasteiger partial charge >= 0.3 is 0 Å². The summed E-state index contributed by atoms with van der Waals surface area (Å²) in [7, 11) is 0. The normalized spacial score (nSPS) is 11.0. The van der Waals surface area contributed by atoms with Gasteiger partial charge in [-0.2, -0.15) is 10.1 Å². The van der Waals surface area contributed by atoms with Crippen LogP contribution in [-0.2, 0) is 4.79 Å². The van der Waals surface area contributed by atoms with Gasteiger partial charge in [0.05, 0.1) is 23.9 Å². The Kier molecular flexibility index (Phi) is 5.59. The standard InChI is InChI=1S/C15H12F2N6O2S/c16-9-3-4-11(17)12(6-9)19-13(24)8-26-15-20-14(22-23-15)21-18-7-10-2-1-5-25-10/h1-7H,8H2,(H,19,24)(H2,20,21,22,23)/b18-7+. The average molecular weight is 378 g/mol. The van der Waals surface area contributed by atoms with E-state index in [9.17, 15) is 13.6 Å². The van der Waals surface area contributed by atoms with Crippen LogP contribution in [0.15, 0.2) is 51.3 Å². The van der Waals surface area contributed by atoms with Gasteiger partial charge in [0.2, 0.25) is 17.0 Å². The Hall–Kier alpha value is -3.21. The summed E-state index contributed by atoms with van der Waals surface area (Å²) in [5.74, 6) is -1.13. The molecule has 3 aromatic rings. The highest BCUT2D eigenvalue weighted by atomic mass is 32.2. The number of H-pyrrole nitrogens is 1. The van der Waals surface area contributed by atoms with Gasteiger partial charge in [0.25, 0.3) is 0 Å². The summed E-state index contributed by atoms with van der Waals surface area (Å²) in [6.07, 6.45) is 2.97. The van der Waals surface area contributed by atoms with Crippen molar-refractivity contribution in [2.75, 3.05) is 16.5 Å². The molecular formula is C15H12F2N6O2S. The van der Waals surface area contributed by atoms with Crippen LogP contribution >= 0.6 is 11.8 Å². The van der Waals surface area contributed by atoms with Crippen molar-refractivity contribution in [3.8, 4) is 0 Å². The van der Waals surface area contributed by atoms with Crippen LogP contribution in [0.3, 0.4) is 0 Å². The monoisotopic (exact) mass is 378 g/mol. The molecule has 134 valence electrons. The number of nitrogens with one attached hydrogen (secondary N) is 3. The second-order valence-corrected chi connectivity index (χ2v) is 5.76. The Morgan fingerprint density at radius 1 is 1.38 bits per heavy atom. The molecule has 0 aliphatic carbocycles. The number of benzene rings is 1. The number of hydrogen-bond acceptors (Lipinski definition) is 7. The van der Waals surface area contributed by atoms with Gasteiger partial charge in [-0.15, -0.1) is 5.10 Å². The number of hydrazone groups is 1. The molecule has 0 aliphatic rings. The lowest BCUT2D eigenvalue weighted by Crippen LogP contribution is -2.15. The first-order valence-corrected chi connectivity index (χ1v) is 8.21. The van der Waals surface area contributed by atoms with Crippen molar-refractivity contribution in [3.05, 3.63) is 54.0 Å². The molecule has 26 heavy (non-hydrogen) atoms. The average Bonchev–Trinajstić information content (AvgIpc) is 3.28. The Morgan fingerprint density at radius 3 is 3.08 bits per heavy atom. The number of hydrogen-bond donors (Lipinski definition) is 3. The number of rotatable bonds is 7. The summed E-state index contributed by atoms with van der Waals surface area (Å²) in [6.45, 7) is 0. The third kappa shape index (κ3) is 4.89. The number of nitrogens with zero attached hydrogens (tertiary/aromatic N) is 3. The van der Waals surface area contributed by atoms with Crippen LogP contribution < -0.4 is 10.7 Å². The van der Waals surface area contributed by atoms with E-state index < -0.39 is 17.5 Å². The zero-order valence-corrected chi connectivity index (χ0v) is 13.9. The molecule has 2 aromatic heterocycles. The minimum absolute atomic E-state index is 0.0804. The molecular weight excluding hydrogens is 366 g/mol. The summed E-state index contributed by atoms with van der Waals surface area (Å²) in [5, 5.41) is 13.0. The first-order chi connectivity index (χ1) is 12.6.